The van der Waals surface area contributed by atoms with Gasteiger partial charge in [0.15, 0.2) is 0 Å². The van der Waals surface area contributed by atoms with Crippen LogP contribution in [-0.4, -0.2) is 23.6 Å². The van der Waals surface area contributed by atoms with Gasteiger partial charge in [0, 0.05) is 26.3 Å². The molecule has 2 rings (SSSR count). The number of nitrogens with zero attached hydrogens (tertiary/aromatic N) is 2. The number of nitrogens with two attached hydrogens (primary N) is 1. The standard InChI is InChI=1S/C12H17N3O2/c1-14-6-3-5-10(12(14)17)15-7-2-4-9(8-15)11(13)16/h3,5-6,9H,2,4,7-8H2,1H3,(H2,13,16). The number of pyridine rings is 1. The van der Waals surface area contributed by atoms with Crippen LogP contribution < -0.4 is 16.2 Å². The monoisotopic (exact) mass is 235 g/mol. The highest BCUT2D eigenvalue weighted by Gasteiger charge is 2.25. The van der Waals surface area contributed by atoms with Crippen LogP contribution in [0.5, 0.6) is 0 Å². The average Bonchev–Trinajstić information content (AvgIpc) is 2.33. The van der Waals surface area contributed by atoms with Crippen molar-refractivity contribution in [3.05, 3.63) is 28.7 Å². The van der Waals surface area contributed by atoms with Crippen molar-refractivity contribution in [2.75, 3.05) is 18.0 Å². The van der Waals surface area contributed by atoms with Gasteiger partial charge in [-0.1, -0.05) is 0 Å². The van der Waals surface area contributed by atoms with Crippen molar-refractivity contribution in [1.29, 1.82) is 0 Å². The van der Waals surface area contributed by atoms with Crippen LogP contribution in [0.4, 0.5) is 5.69 Å². The summed E-state index contributed by atoms with van der Waals surface area (Å²) >= 11 is 0. The number of amides is 1. The lowest BCUT2D eigenvalue weighted by Gasteiger charge is -2.32. The van der Waals surface area contributed by atoms with E-state index in [1.54, 1.807) is 23.9 Å². The Kier molecular flexibility index (Phi) is 3.17. The number of hydrogen-bond donors (Lipinski definition) is 1. The van der Waals surface area contributed by atoms with Crippen LogP contribution in [0.15, 0.2) is 23.1 Å². The Balaban J connectivity index is 2.25. The molecular formula is C12H17N3O2. The maximum absolute atomic E-state index is 11.9. The third-order valence-electron chi connectivity index (χ3n) is 3.27. The summed E-state index contributed by atoms with van der Waals surface area (Å²) < 4.78 is 1.54. The number of rotatable bonds is 2. The maximum atomic E-state index is 11.9. The molecule has 1 amide bonds. The van der Waals surface area contributed by atoms with Crippen LogP contribution in [0.2, 0.25) is 0 Å². The molecule has 1 fully saturated rings. The molecular weight excluding hydrogens is 218 g/mol. The van der Waals surface area contributed by atoms with E-state index in [1.807, 2.05) is 11.0 Å². The molecule has 1 unspecified atom stereocenters. The maximum Gasteiger partial charge on any atom is 0.273 e. The first kappa shape index (κ1) is 11.7. The second-order valence-electron chi connectivity index (χ2n) is 4.50. The quantitative estimate of drug-likeness (QED) is 0.789. The fourth-order valence-electron chi connectivity index (χ4n) is 2.25. The summed E-state index contributed by atoms with van der Waals surface area (Å²) in [6, 6.07) is 3.64. The predicted octanol–water partition coefficient (Wildman–Crippen LogP) is 0.0870. The second-order valence-corrected chi connectivity index (χ2v) is 4.50. The van der Waals surface area contributed by atoms with E-state index in [1.165, 1.54) is 0 Å². The Bertz CT molecular complexity index is 481. The lowest BCUT2D eigenvalue weighted by molar-refractivity contribution is -0.122. The van der Waals surface area contributed by atoms with Gasteiger partial charge < -0.3 is 15.2 Å². The first-order valence-electron chi connectivity index (χ1n) is 5.79. The van der Waals surface area contributed by atoms with E-state index in [4.69, 9.17) is 5.73 Å². The van der Waals surface area contributed by atoms with Crippen molar-refractivity contribution >= 4 is 11.6 Å². The highest BCUT2D eigenvalue weighted by molar-refractivity contribution is 5.77. The van der Waals surface area contributed by atoms with E-state index in [9.17, 15) is 9.59 Å². The summed E-state index contributed by atoms with van der Waals surface area (Å²) in [6.07, 6.45) is 3.44. The van der Waals surface area contributed by atoms with Gasteiger partial charge in [-0.3, -0.25) is 9.59 Å². The van der Waals surface area contributed by atoms with Gasteiger partial charge in [-0.2, -0.15) is 0 Å². The molecule has 0 radical (unpaired) electrons. The third-order valence-corrected chi connectivity index (χ3v) is 3.27. The minimum absolute atomic E-state index is 0.0300. The Labute approximate surface area is 99.8 Å². The molecule has 5 heteroatoms. The van der Waals surface area contributed by atoms with Crippen LogP contribution in [-0.2, 0) is 11.8 Å². The number of carbonyl (C=O) groups is 1. The van der Waals surface area contributed by atoms with Gasteiger partial charge in [-0.15, -0.1) is 0 Å². The average molecular weight is 235 g/mol. The lowest BCUT2D eigenvalue weighted by Crippen LogP contribution is -2.43. The summed E-state index contributed by atoms with van der Waals surface area (Å²) in [7, 11) is 1.72. The van der Waals surface area contributed by atoms with Crippen LogP contribution in [0.3, 0.4) is 0 Å². The molecule has 17 heavy (non-hydrogen) atoms. The zero-order chi connectivity index (χ0) is 12.4. The van der Waals surface area contributed by atoms with Gasteiger partial charge >= 0.3 is 0 Å². The van der Waals surface area contributed by atoms with E-state index >= 15 is 0 Å². The molecule has 2 heterocycles. The van der Waals surface area contributed by atoms with E-state index < -0.39 is 0 Å². The molecule has 0 aliphatic carbocycles. The van der Waals surface area contributed by atoms with Gasteiger partial charge in [0.2, 0.25) is 5.91 Å². The highest BCUT2D eigenvalue weighted by atomic mass is 16.1. The van der Waals surface area contributed by atoms with E-state index in [-0.39, 0.29) is 17.4 Å². The zero-order valence-electron chi connectivity index (χ0n) is 9.93. The number of piperidine rings is 1. The number of aryl methyl sites for hydroxylation is 1. The van der Waals surface area contributed by atoms with Gasteiger partial charge in [0.1, 0.15) is 5.69 Å². The fourth-order valence-corrected chi connectivity index (χ4v) is 2.25. The van der Waals surface area contributed by atoms with Crippen LogP contribution >= 0.6 is 0 Å². The van der Waals surface area contributed by atoms with Gasteiger partial charge in [0.05, 0.1) is 5.92 Å². The molecule has 1 saturated heterocycles. The van der Waals surface area contributed by atoms with Crippen LogP contribution in [0, 0.1) is 5.92 Å². The van der Waals surface area contributed by atoms with E-state index in [0.717, 1.165) is 19.4 Å². The third kappa shape index (κ3) is 2.33. The lowest BCUT2D eigenvalue weighted by atomic mass is 9.97. The molecule has 1 aliphatic heterocycles. The fraction of sp³-hybridized carbons (Fsp3) is 0.500. The molecule has 92 valence electrons. The molecule has 0 aromatic carbocycles. The smallest absolute Gasteiger partial charge is 0.273 e. The summed E-state index contributed by atoms with van der Waals surface area (Å²) in [4.78, 5) is 25.1. The first-order chi connectivity index (χ1) is 8.09. The predicted molar refractivity (Wildman–Crippen MR) is 65.8 cm³/mol. The summed E-state index contributed by atoms with van der Waals surface area (Å²) in [6.45, 7) is 1.36. The van der Waals surface area contributed by atoms with Gasteiger partial charge in [-0.05, 0) is 25.0 Å². The van der Waals surface area contributed by atoms with Gasteiger partial charge in [-0.25, -0.2) is 0 Å². The first-order valence-corrected chi connectivity index (χ1v) is 5.79. The minimum atomic E-state index is -0.276. The van der Waals surface area contributed by atoms with E-state index in [0.29, 0.717) is 12.2 Å². The molecule has 2 N–H and O–H groups in total. The molecule has 0 bridgehead atoms. The Morgan fingerprint density at radius 1 is 1.53 bits per heavy atom. The summed E-state index contributed by atoms with van der Waals surface area (Å²) in [5, 5.41) is 0. The number of anilines is 1. The summed E-state index contributed by atoms with van der Waals surface area (Å²) in [5.74, 6) is -0.420. The van der Waals surface area contributed by atoms with Crippen molar-refractivity contribution in [1.82, 2.24) is 4.57 Å². The van der Waals surface area contributed by atoms with Crippen molar-refractivity contribution < 1.29 is 4.79 Å². The molecule has 5 nitrogen and oxygen atoms in total. The molecule has 0 saturated carbocycles. The zero-order valence-corrected chi connectivity index (χ0v) is 9.93. The molecule has 0 spiro atoms. The number of primary amides is 1. The van der Waals surface area contributed by atoms with Crippen LogP contribution in [0.25, 0.3) is 0 Å². The SMILES string of the molecule is Cn1cccc(N2CCCC(C(N)=O)C2)c1=O. The van der Waals surface area contributed by atoms with Crippen molar-refractivity contribution in [3.63, 3.8) is 0 Å². The van der Waals surface area contributed by atoms with Crippen LogP contribution in [0.1, 0.15) is 12.8 Å². The Morgan fingerprint density at radius 2 is 2.29 bits per heavy atom. The van der Waals surface area contributed by atoms with E-state index in [2.05, 4.69) is 0 Å². The number of hydrogen-bond acceptors (Lipinski definition) is 3. The van der Waals surface area contributed by atoms with Crippen molar-refractivity contribution in [3.8, 4) is 0 Å². The van der Waals surface area contributed by atoms with Gasteiger partial charge in [0.25, 0.3) is 5.56 Å². The number of aromatic nitrogens is 1. The normalized spacial score (nSPS) is 20.3. The number of carbonyl (C=O) groups excluding carboxylic acids is 1. The largest absolute Gasteiger partial charge is 0.369 e. The van der Waals surface area contributed by atoms with Crippen molar-refractivity contribution in [2.24, 2.45) is 18.7 Å². The highest BCUT2D eigenvalue weighted by Crippen LogP contribution is 2.20. The Hall–Kier alpha value is -1.78. The Morgan fingerprint density at radius 3 is 3.00 bits per heavy atom. The summed E-state index contributed by atoms with van der Waals surface area (Å²) in [5.41, 5.74) is 5.95. The molecule has 1 aliphatic rings. The topological polar surface area (TPSA) is 68.3 Å². The minimum Gasteiger partial charge on any atom is -0.369 e. The second kappa shape index (κ2) is 4.61. The molecule has 1 atom stereocenters. The molecule has 1 aromatic rings. The van der Waals surface area contributed by atoms with Crippen molar-refractivity contribution in [2.45, 2.75) is 12.8 Å². The molecule has 1 aromatic heterocycles.